The number of carbonyl (C=O) groups excluding carboxylic acids is 1. The third-order valence-electron chi connectivity index (χ3n) is 5.49. The van der Waals surface area contributed by atoms with Crippen LogP contribution < -0.4 is 4.74 Å². The molecule has 1 fully saturated rings. The van der Waals surface area contributed by atoms with Gasteiger partial charge in [0.25, 0.3) is 5.91 Å². The van der Waals surface area contributed by atoms with E-state index in [9.17, 15) is 14.3 Å². The van der Waals surface area contributed by atoms with Crippen LogP contribution in [-0.4, -0.2) is 61.9 Å². The number of ether oxygens (including phenoxy) is 1. The lowest BCUT2D eigenvalue weighted by atomic mass is 9.99. The molecular formula is C22H24FN5O3. The molecule has 1 aliphatic rings. The highest BCUT2D eigenvalue weighted by molar-refractivity contribution is 5.94. The molecule has 2 aromatic carbocycles. The summed E-state index contributed by atoms with van der Waals surface area (Å²) < 4.78 is 20.3. The molecule has 4 rings (SSSR count). The van der Waals surface area contributed by atoms with Crippen LogP contribution in [0.2, 0.25) is 0 Å². The van der Waals surface area contributed by atoms with E-state index in [0.29, 0.717) is 30.2 Å². The second-order valence-electron chi connectivity index (χ2n) is 7.70. The Morgan fingerprint density at radius 3 is 2.65 bits per heavy atom. The van der Waals surface area contributed by atoms with Gasteiger partial charge in [-0.1, -0.05) is 12.1 Å². The molecule has 9 heteroatoms. The molecule has 1 saturated heterocycles. The van der Waals surface area contributed by atoms with Gasteiger partial charge in [-0.15, -0.1) is 5.10 Å². The molecule has 3 aromatic rings. The highest BCUT2D eigenvalue weighted by atomic mass is 19.1. The number of aromatic nitrogens is 4. The molecule has 0 radical (unpaired) electrons. The molecule has 2 atom stereocenters. The zero-order valence-electron chi connectivity index (χ0n) is 17.2. The first-order chi connectivity index (χ1) is 15.0. The van der Waals surface area contributed by atoms with Gasteiger partial charge in [0.2, 0.25) is 0 Å². The van der Waals surface area contributed by atoms with Gasteiger partial charge in [0.1, 0.15) is 18.2 Å². The molecule has 0 saturated carbocycles. The number of hydrogen-bond donors (Lipinski definition) is 1. The molecule has 0 bridgehead atoms. The van der Waals surface area contributed by atoms with Crippen LogP contribution in [0.5, 0.6) is 5.75 Å². The largest absolute Gasteiger partial charge is 0.491 e. The number of aliphatic hydroxyl groups excluding tert-OH is 1. The summed E-state index contributed by atoms with van der Waals surface area (Å²) in [4.78, 5) is 14.7. The Morgan fingerprint density at radius 2 is 1.97 bits per heavy atom. The monoisotopic (exact) mass is 425 g/mol. The van der Waals surface area contributed by atoms with Gasteiger partial charge in [-0.25, -0.2) is 9.07 Å². The first-order valence-electron chi connectivity index (χ1n) is 10.2. The lowest BCUT2D eigenvalue weighted by molar-refractivity contribution is 0.0790. The van der Waals surface area contributed by atoms with E-state index in [1.165, 1.54) is 16.8 Å². The van der Waals surface area contributed by atoms with Gasteiger partial charge < -0.3 is 14.7 Å². The lowest BCUT2D eigenvalue weighted by Gasteiger charge is -2.17. The van der Waals surface area contributed by atoms with Crippen LogP contribution in [0.25, 0.3) is 0 Å². The van der Waals surface area contributed by atoms with Crippen LogP contribution in [0, 0.1) is 5.82 Å². The number of nitrogens with zero attached hydrogens (tertiary/aromatic N) is 5. The average Bonchev–Trinajstić information content (AvgIpc) is 3.42. The van der Waals surface area contributed by atoms with Crippen molar-refractivity contribution in [2.24, 2.45) is 7.05 Å². The third kappa shape index (κ3) is 5.05. The Morgan fingerprint density at radius 1 is 1.23 bits per heavy atom. The van der Waals surface area contributed by atoms with Gasteiger partial charge in [0.05, 0.1) is 6.10 Å². The molecular weight excluding hydrogens is 401 g/mol. The van der Waals surface area contributed by atoms with Crippen molar-refractivity contribution in [2.45, 2.75) is 24.9 Å². The van der Waals surface area contributed by atoms with Crippen molar-refractivity contribution in [1.82, 2.24) is 25.1 Å². The fourth-order valence-electron chi connectivity index (χ4n) is 3.71. The molecule has 0 unspecified atom stereocenters. The fraction of sp³-hybridized carbons (Fsp3) is 0.364. The number of benzene rings is 2. The Labute approximate surface area is 179 Å². The zero-order chi connectivity index (χ0) is 21.8. The van der Waals surface area contributed by atoms with E-state index in [2.05, 4.69) is 15.5 Å². The van der Waals surface area contributed by atoms with Crippen molar-refractivity contribution in [3.05, 3.63) is 71.3 Å². The fourth-order valence-corrected chi connectivity index (χ4v) is 3.71. The molecule has 8 nitrogen and oxygen atoms in total. The van der Waals surface area contributed by atoms with Gasteiger partial charge in [-0.05, 0) is 58.8 Å². The summed E-state index contributed by atoms with van der Waals surface area (Å²) in [6.07, 6.45) is 0.390. The molecule has 1 aromatic heterocycles. The maximum Gasteiger partial charge on any atom is 0.253 e. The standard InChI is InChI=1S/C22H24FN5O3/c1-27-21(24-25-26-27)12-19(29)14-31-20-8-4-16(5-9-20)22(30)28-11-10-17(13-28)15-2-6-18(23)7-3-15/h2-9,17,19,29H,10-14H2,1H3/t17-,19+/m0/s1. The predicted octanol–water partition coefficient (Wildman–Crippen LogP) is 1.96. The van der Waals surface area contributed by atoms with E-state index in [0.717, 1.165) is 12.0 Å². The van der Waals surface area contributed by atoms with Crippen molar-refractivity contribution in [2.75, 3.05) is 19.7 Å². The van der Waals surface area contributed by atoms with Gasteiger partial charge in [0, 0.05) is 38.0 Å². The molecule has 0 spiro atoms. The molecule has 162 valence electrons. The number of carbonyl (C=O) groups is 1. The average molecular weight is 425 g/mol. The maximum absolute atomic E-state index is 13.1. The smallest absolute Gasteiger partial charge is 0.253 e. The highest BCUT2D eigenvalue weighted by Crippen LogP contribution is 2.28. The predicted molar refractivity (Wildman–Crippen MR) is 110 cm³/mol. The summed E-state index contributed by atoms with van der Waals surface area (Å²) in [6.45, 7) is 1.37. The summed E-state index contributed by atoms with van der Waals surface area (Å²) in [6, 6.07) is 13.4. The van der Waals surface area contributed by atoms with Crippen LogP contribution >= 0.6 is 0 Å². The van der Waals surface area contributed by atoms with Crippen molar-refractivity contribution in [3.8, 4) is 5.75 Å². The highest BCUT2D eigenvalue weighted by Gasteiger charge is 2.28. The Hall–Kier alpha value is -3.33. The van der Waals surface area contributed by atoms with E-state index in [1.54, 1.807) is 43.4 Å². The van der Waals surface area contributed by atoms with Crippen molar-refractivity contribution in [1.29, 1.82) is 0 Å². The Kier molecular flexibility index (Phi) is 6.22. The summed E-state index contributed by atoms with van der Waals surface area (Å²) in [5.41, 5.74) is 1.63. The second-order valence-corrected chi connectivity index (χ2v) is 7.70. The van der Waals surface area contributed by atoms with Crippen molar-refractivity contribution < 1.29 is 19.0 Å². The van der Waals surface area contributed by atoms with Crippen LogP contribution in [-0.2, 0) is 13.5 Å². The summed E-state index contributed by atoms with van der Waals surface area (Å²) in [5, 5.41) is 21.2. The minimum atomic E-state index is -0.751. The number of likely N-dealkylation sites (tertiary alicyclic amines) is 1. The van der Waals surface area contributed by atoms with E-state index in [-0.39, 0.29) is 30.7 Å². The Bertz CT molecular complexity index is 1020. The van der Waals surface area contributed by atoms with Crippen LogP contribution in [0.4, 0.5) is 4.39 Å². The topological polar surface area (TPSA) is 93.4 Å². The Balaban J connectivity index is 1.29. The van der Waals surface area contributed by atoms with E-state index < -0.39 is 6.10 Å². The van der Waals surface area contributed by atoms with Gasteiger partial charge >= 0.3 is 0 Å². The number of amides is 1. The van der Waals surface area contributed by atoms with E-state index >= 15 is 0 Å². The number of aryl methyl sites for hydroxylation is 1. The molecule has 1 aliphatic heterocycles. The minimum absolute atomic E-state index is 0.0361. The van der Waals surface area contributed by atoms with Gasteiger partial charge in [0.15, 0.2) is 5.82 Å². The normalized spacial score (nSPS) is 17.0. The zero-order valence-corrected chi connectivity index (χ0v) is 17.2. The molecule has 31 heavy (non-hydrogen) atoms. The first-order valence-corrected chi connectivity index (χ1v) is 10.2. The van der Waals surface area contributed by atoms with Crippen LogP contribution in [0.3, 0.4) is 0 Å². The van der Waals surface area contributed by atoms with E-state index in [4.69, 9.17) is 4.74 Å². The maximum atomic E-state index is 13.1. The van der Waals surface area contributed by atoms with Gasteiger partial charge in [-0.3, -0.25) is 4.79 Å². The second kappa shape index (κ2) is 9.22. The number of halogens is 1. The van der Waals surface area contributed by atoms with Crippen LogP contribution in [0.15, 0.2) is 48.5 Å². The van der Waals surface area contributed by atoms with E-state index in [1.807, 2.05) is 4.90 Å². The molecule has 2 heterocycles. The number of tetrazole rings is 1. The van der Waals surface area contributed by atoms with Crippen molar-refractivity contribution in [3.63, 3.8) is 0 Å². The summed E-state index contributed by atoms with van der Waals surface area (Å²) in [7, 11) is 1.71. The summed E-state index contributed by atoms with van der Waals surface area (Å²) in [5.74, 6) is 1.07. The third-order valence-corrected chi connectivity index (χ3v) is 5.49. The quantitative estimate of drug-likeness (QED) is 0.622. The van der Waals surface area contributed by atoms with Gasteiger partial charge in [-0.2, -0.15) is 0 Å². The minimum Gasteiger partial charge on any atom is -0.491 e. The van der Waals surface area contributed by atoms with Crippen LogP contribution in [0.1, 0.15) is 34.1 Å². The molecule has 1 amide bonds. The van der Waals surface area contributed by atoms with Crippen molar-refractivity contribution >= 4 is 5.91 Å². The number of aliphatic hydroxyl groups is 1. The number of hydrogen-bond acceptors (Lipinski definition) is 6. The first kappa shape index (κ1) is 20.9. The molecule has 1 N–H and O–H groups in total. The molecule has 0 aliphatic carbocycles. The number of rotatable bonds is 7. The SMILES string of the molecule is Cn1nnnc1C[C@@H](O)COc1ccc(C(=O)N2CC[C@H](c3ccc(F)cc3)C2)cc1. The lowest BCUT2D eigenvalue weighted by Crippen LogP contribution is -2.28. The summed E-state index contributed by atoms with van der Waals surface area (Å²) >= 11 is 0.